The van der Waals surface area contributed by atoms with Gasteiger partial charge in [-0.15, -0.1) is 0 Å². The van der Waals surface area contributed by atoms with E-state index in [2.05, 4.69) is 22.8 Å². The second-order valence-electron chi connectivity index (χ2n) is 6.19. The van der Waals surface area contributed by atoms with Gasteiger partial charge in [0.1, 0.15) is 5.75 Å². The van der Waals surface area contributed by atoms with Gasteiger partial charge in [-0.2, -0.15) is 0 Å². The lowest BCUT2D eigenvalue weighted by Gasteiger charge is -2.38. The summed E-state index contributed by atoms with van der Waals surface area (Å²) in [4.78, 5) is 11.9. The predicted molar refractivity (Wildman–Crippen MR) is 84.6 cm³/mol. The Bertz CT molecular complexity index is 481. The number of hydrogen-bond acceptors (Lipinski definition) is 3. The Morgan fingerprint density at radius 2 is 2.00 bits per heavy atom. The average Bonchev–Trinajstić information content (AvgIpc) is 2.41. The molecule has 1 amide bonds. The van der Waals surface area contributed by atoms with E-state index in [0.29, 0.717) is 12.0 Å². The monoisotopic (exact) mass is 290 g/mol. The van der Waals surface area contributed by atoms with E-state index in [1.165, 1.54) is 5.56 Å². The van der Waals surface area contributed by atoms with Gasteiger partial charge < -0.3 is 15.4 Å². The van der Waals surface area contributed by atoms with Gasteiger partial charge >= 0.3 is 0 Å². The van der Waals surface area contributed by atoms with Crippen molar-refractivity contribution >= 4 is 5.91 Å². The zero-order valence-corrected chi connectivity index (χ0v) is 13.3. The second kappa shape index (κ2) is 6.94. The number of methoxy groups -OCH3 is 1. The molecule has 1 aliphatic carbocycles. The molecule has 0 spiro atoms. The summed E-state index contributed by atoms with van der Waals surface area (Å²) in [5.41, 5.74) is 1.33. The van der Waals surface area contributed by atoms with E-state index in [9.17, 15) is 4.79 Å². The van der Waals surface area contributed by atoms with Crippen molar-refractivity contribution in [1.82, 2.24) is 10.6 Å². The maximum Gasteiger partial charge on any atom is 0.237 e. The first-order valence-corrected chi connectivity index (χ1v) is 7.70. The Labute approximate surface area is 127 Å². The van der Waals surface area contributed by atoms with E-state index < -0.39 is 0 Å². The molecule has 0 aromatic heterocycles. The van der Waals surface area contributed by atoms with Crippen molar-refractivity contribution in [2.45, 2.75) is 57.7 Å². The van der Waals surface area contributed by atoms with Crippen LogP contribution in [0.2, 0.25) is 0 Å². The summed E-state index contributed by atoms with van der Waals surface area (Å²) in [5, 5.41) is 6.34. The maximum absolute atomic E-state index is 11.9. The maximum atomic E-state index is 11.9. The number of carbonyl (C=O) groups excluding carboxylic acids is 1. The largest absolute Gasteiger partial charge is 0.497 e. The van der Waals surface area contributed by atoms with Crippen LogP contribution in [0.5, 0.6) is 5.75 Å². The first-order chi connectivity index (χ1) is 9.99. The molecular weight excluding hydrogens is 264 g/mol. The average molecular weight is 290 g/mol. The molecule has 21 heavy (non-hydrogen) atoms. The highest BCUT2D eigenvalue weighted by Gasteiger charge is 2.32. The fourth-order valence-electron chi connectivity index (χ4n) is 2.76. The van der Waals surface area contributed by atoms with E-state index in [1.54, 1.807) is 7.11 Å². The number of nitrogens with one attached hydrogen (secondary N) is 2. The molecule has 4 nitrogen and oxygen atoms in total. The van der Waals surface area contributed by atoms with E-state index in [1.807, 2.05) is 32.9 Å². The highest BCUT2D eigenvalue weighted by molar-refractivity contribution is 5.81. The molecule has 4 heteroatoms. The van der Waals surface area contributed by atoms with Crippen molar-refractivity contribution in [2.24, 2.45) is 0 Å². The summed E-state index contributed by atoms with van der Waals surface area (Å²) >= 11 is 0. The van der Waals surface area contributed by atoms with Crippen LogP contribution in [0.1, 0.15) is 45.1 Å². The fraction of sp³-hybridized carbons (Fsp3) is 0.588. The third kappa shape index (κ3) is 4.21. The van der Waals surface area contributed by atoms with Crippen molar-refractivity contribution < 1.29 is 9.53 Å². The standard InChI is InChI=1S/C17H26N2O2/c1-11(2)18-17(20)12(3)19-15-8-14(9-15)13-6-5-7-16(10-13)21-4/h5-7,10-12,14-15,19H,8-9H2,1-4H3,(H,18,20). The van der Waals surface area contributed by atoms with Crippen LogP contribution in [0, 0.1) is 0 Å². The summed E-state index contributed by atoms with van der Waals surface area (Å²) < 4.78 is 5.26. The Morgan fingerprint density at radius 1 is 1.29 bits per heavy atom. The molecule has 0 bridgehead atoms. The SMILES string of the molecule is COc1cccc(C2CC(NC(C)C(=O)NC(C)C)C2)c1. The molecular formula is C17H26N2O2. The van der Waals surface area contributed by atoms with E-state index in [4.69, 9.17) is 4.74 Å². The first-order valence-electron chi connectivity index (χ1n) is 7.70. The van der Waals surface area contributed by atoms with E-state index >= 15 is 0 Å². The van der Waals surface area contributed by atoms with Crippen LogP contribution >= 0.6 is 0 Å². The Hall–Kier alpha value is -1.55. The Kier molecular flexibility index (Phi) is 5.23. The third-order valence-corrected chi connectivity index (χ3v) is 4.01. The molecule has 1 aromatic rings. The smallest absolute Gasteiger partial charge is 0.237 e. The Morgan fingerprint density at radius 3 is 2.62 bits per heavy atom. The third-order valence-electron chi connectivity index (χ3n) is 4.01. The molecule has 1 fully saturated rings. The molecule has 2 rings (SSSR count). The molecule has 1 unspecified atom stereocenters. The lowest BCUT2D eigenvalue weighted by Crippen LogP contribution is -2.51. The normalized spacial score (nSPS) is 22.5. The Balaban J connectivity index is 1.79. The van der Waals surface area contributed by atoms with Crippen LogP contribution in [0.15, 0.2) is 24.3 Å². The summed E-state index contributed by atoms with van der Waals surface area (Å²) in [7, 11) is 1.69. The minimum Gasteiger partial charge on any atom is -0.497 e. The molecule has 1 aliphatic rings. The van der Waals surface area contributed by atoms with Crippen LogP contribution in [0.4, 0.5) is 0 Å². The van der Waals surface area contributed by atoms with Crippen LogP contribution in [0.3, 0.4) is 0 Å². The number of carbonyl (C=O) groups is 1. The molecule has 2 N–H and O–H groups in total. The number of hydrogen-bond donors (Lipinski definition) is 2. The summed E-state index contributed by atoms with van der Waals surface area (Å²) in [5.74, 6) is 1.56. The van der Waals surface area contributed by atoms with Gasteiger partial charge in [-0.05, 0) is 57.2 Å². The van der Waals surface area contributed by atoms with Gasteiger partial charge in [0.25, 0.3) is 0 Å². The van der Waals surface area contributed by atoms with E-state index in [-0.39, 0.29) is 18.0 Å². The van der Waals surface area contributed by atoms with Crippen LogP contribution < -0.4 is 15.4 Å². The van der Waals surface area contributed by atoms with Crippen molar-refractivity contribution in [3.63, 3.8) is 0 Å². The minimum absolute atomic E-state index is 0.0785. The predicted octanol–water partition coefficient (Wildman–Crippen LogP) is 2.44. The minimum atomic E-state index is -0.136. The molecule has 1 atom stereocenters. The van der Waals surface area contributed by atoms with Gasteiger partial charge in [0.2, 0.25) is 5.91 Å². The van der Waals surface area contributed by atoms with Crippen molar-refractivity contribution in [3.8, 4) is 5.75 Å². The number of ether oxygens (including phenoxy) is 1. The van der Waals surface area contributed by atoms with Crippen LogP contribution in [0.25, 0.3) is 0 Å². The zero-order chi connectivity index (χ0) is 15.4. The molecule has 1 saturated carbocycles. The lowest BCUT2D eigenvalue weighted by molar-refractivity contribution is -0.123. The summed E-state index contributed by atoms with van der Waals surface area (Å²) in [6.07, 6.45) is 2.15. The summed E-state index contributed by atoms with van der Waals surface area (Å²) in [6, 6.07) is 8.74. The molecule has 0 heterocycles. The molecule has 116 valence electrons. The van der Waals surface area contributed by atoms with Gasteiger partial charge in [0.15, 0.2) is 0 Å². The zero-order valence-electron chi connectivity index (χ0n) is 13.3. The molecule has 0 aliphatic heterocycles. The quantitative estimate of drug-likeness (QED) is 0.846. The number of amides is 1. The number of rotatable bonds is 6. The number of benzene rings is 1. The fourth-order valence-corrected chi connectivity index (χ4v) is 2.76. The second-order valence-corrected chi connectivity index (χ2v) is 6.19. The van der Waals surface area contributed by atoms with E-state index in [0.717, 1.165) is 18.6 Å². The first kappa shape index (κ1) is 15.8. The van der Waals surface area contributed by atoms with Gasteiger partial charge in [-0.1, -0.05) is 12.1 Å². The topological polar surface area (TPSA) is 50.4 Å². The molecule has 1 aromatic carbocycles. The van der Waals surface area contributed by atoms with Gasteiger partial charge in [-0.25, -0.2) is 0 Å². The highest BCUT2D eigenvalue weighted by atomic mass is 16.5. The van der Waals surface area contributed by atoms with Crippen molar-refractivity contribution in [3.05, 3.63) is 29.8 Å². The lowest BCUT2D eigenvalue weighted by atomic mass is 9.75. The van der Waals surface area contributed by atoms with Crippen molar-refractivity contribution in [1.29, 1.82) is 0 Å². The van der Waals surface area contributed by atoms with Gasteiger partial charge in [0.05, 0.1) is 13.2 Å². The van der Waals surface area contributed by atoms with Crippen molar-refractivity contribution in [2.75, 3.05) is 7.11 Å². The van der Waals surface area contributed by atoms with Gasteiger partial charge in [-0.3, -0.25) is 4.79 Å². The summed E-state index contributed by atoms with van der Waals surface area (Å²) in [6.45, 7) is 5.89. The van der Waals surface area contributed by atoms with Crippen LogP contribution in [-0.2, 0) is 4.79 Å². The van der Waals surface area contributed by atoms with Crippen LogP contribution in [-0.4, -0.2) is 31.1 Å². The highest BCUT2D eigenvalue weighted by Crippen LogP contribution is 2.38. The molecule has 0 radical (unpaired) electrons. The van der Waals surface area contributed by atoms with Gasteiger partial charge in [0, 0.05) is 12.1 Å². The molecule has 0 saturated heterocycles.